The average molecular weight is 320 g/mol. The predicted octanol–water partition coefficient (Wildman–Crippen LogP) is 3.94. The summed E-state index contributed by atoms with van der Waals surface area (Å²) in [6.45, 7) is 5.65. The molecular formula is C15H19F3O4. The number of halogens is 3. The fourth-order valence-electron chi connectivity index (χ4n) is 1.37. The predicted molar refractivity (Wildman–Crippen MR) is 73.7 cm³/mol. The summed E-state index contributed by atoms with van der Waals surface area (Å²) in [5, 5.41) is 0. The third-order valence-electron chi connectivity index (χ3n) is 3.08. The minimum Gasteiger partial charge on any atom is -0.490 e. The van der Waals surface area contributed by atoms with Crippen LogP contribution >= 0.6 is 0 Å². The Hall–Kier alpha value is -1.92. The maximum Gasteiger partial charge on any atom is 0.573 e. The summed E-state index contributed by atoms with van der Waals surface area (Å²) < 4.78 is 50.1. The lowest BCUT2D eigenvalue weighted by Gasteiger charge is -2.20. The summed E-state index contributed by atoms with van der Waals surface area (Å²) in [4.78, 5) is 11.7. The number of benzene rings is 1. The highest BCUT2D eigenvalue weighted by Gasteiger charge is 2.31. The second kappa shape index (κ2) is 7.38. The molecule has 0 fully saturated rings. The van der Waals surface area contributed by atoms with Gasteiger partial charge in [0.25, 0.3) is 0 Å². The maximum atomic E-state index is 12.0. The first-order chi connectivity index (χ1) is 10.1. The van der Waals surface area contributed by atoms with Crippen molar-refractivity contribution < 1.29 is 32.2 Å². The molecule has 124 valence electrons. The maximum absolute atomic E-state index is 12.0. The lowest BCUT2D eigenvalue weighted by molar-refractivity contribution is -0.274. The van der Waals surface area contributed by atoms with E-state index in [0.717, 1.165) is 12.1 Å². The van der Waals surface area contributed by atoms with E-state index < -0.39 is 11.8 Å². The molecule has 4 nitrogen and oxygen atoms in total. The molecule has 0 atom stereocenters. The van der Waals surface area contributed by atoms with Crippen molar-refractivity contribution in [3.05, 3.63) is 24.3 Å². The molecule has 0 amide bonds. The highest BCUT2D eigenvalue weighted by atomic mass is 19.4. The quantitative estimate of drug-likeness (QED) is 0.564. The van der Waals surface area contributed by atoms with Crippen molar-refractivity contribution in [2.75, 3.05) is 13.2 Å². The zero-order valence-corrected chi connectivity index (χ0v) is 12.7. The van der Waals surface area contributed by atoms with Crippen LogP contribution in [0.3, 0.4) is 0 Å². The van der Waals surface area contributed by atoms with Crippen LogP contribution in [0.4, 0.5) is 13.2 Å². The SMILES string of the molecule is CCC(C)(C)C(=O)OCCOc1ccc(OC(F)(F)F)cc1. The lowest BCUT2D eigenvalue weighted by atomic mass is 9.91. The summed E-state index contributed by atoms with van der Waals surface area (Å²) in [7, 11) is 0. The van der Waals surface area contributed by atoms with E-state index in [4.69, 9.17) is 9.47 Å². The molecule has 22 heavy (non-hydrogen) atoms. The van der Waals surface area contributed by atoms with E-state index in [1.807, 2.05) is 6.92 Å². The van der Waals surface area contributed by atoms with E-state index in [2.05, 4.69) is 4.74 Å². The molecule has 1 rings (SSSR count). The van der Waals surface area contributed by atoms with Gasteiger partial charge in [0, 0.05) is 0 Å². The molecule has 0 bridgehead atoms. The third kappa shape index (κ3) is 6.24. The number of alkyl halides is 3. The highest BCUT2D eigenvalue weighted by molar-refractivity contribution is 5.75. The largest absolute Gasteiger partial charge is 0.573 e. The number of hydrogen-bond acceptors (Lipinski definition) is 4. The Morgan fingerprint density at radius 2 is 1.59 bits per heavy atom. The van der Waals surface area contributed by atoms with E-state index in [0.29, 0.717) is 12.2 Å². The number of hydrogen-bond donors (Lipinski definition) is 0. The van der Waals surface area contributed by atoms with Crippen LogP contribution in [0.15, 0.2) is 24.3 Å². The van der Waals surface area contributed by atoms with Crippen molar-refractivity contribution >= 4 is 5.97 Å². The van der Waals surface area contributed by atoms with E-state index in [9.17, 15) is 18.0 Å². The van der Waals surface area contributed by atoms with Gasteiger partial charge < -0.3 is 14.2 Å². The first kappa shape index (κ1) is 18.1. The smallest absolute Gasteiger partial charge is 0.490 e. The van der Waals surface area contributed by atoms with E-state index >= 15 is 0 Å². The van der Waals surface area contributed by atoms with Crippen molar-refractivity contribution in [1.29, 1.82) is 0 Å². The normalized spacial score (nSPS) is 11.9. The van der Waals surface area contributed by atoms with Gasteiger partial charge in [0.1, 0.15) is 24.7 Å². The molecule has 0 aromatic heterocycles. The fraction of sp³-hybridized carbons (Fsp3) is 0.533. The van der Waals surface area contributed by atoms with Gasteiger partial charge in [-0.1, -0.05) is 6.92 Å². The molecule has 0 N–H and O–H groups in total. The second-order valence-electron chi connectivity index (χ2n) is 5.24. The van der Waals surface area contributed by atoms with Gasteiger partial charge in [0.05, 0.1) is 5.41 Å². The molecule has 0 aliphatic rings. The Balaban J connectivity index is 2.36. The molecule has 0 heterocycles. The van der Waals surface area contributed by atoms with Crippen molar-refractivity contribution in [2.24, 2.45) is 5.41 Å². The molecule has 0 unspecified atom stereocenters. The van der Waals surface area contributed by atoms with E-state index in [-0.39, 0.29) is 24.9 Å². The van der Waals surface area contributed by atoms with Gasteiger partial charge in [-0.25, -0.2) is 0 Å². The Labute approximate surface area is 127 Å². The van der Waals surface area contributed by atoms with Crippen molar-refractivity contribution in [2.45, 2.75) is 33.6 Å². The Morgan fingerprint density at radius 1 is 1.05 bits per heavy atom. The number of rotatable bonds is 7. The van der Waals surface area contributed by atoms with Gasteiger partial charge in [0.2, 0.25) is 0 Å². The zero-order valence-electron chi connectivity index (χ0n) is 12.7. The van der Waals surface area contributed by atoms with Gasteiger partial charge >= 0.3 is 12.3 Å². The van der Waals surface area contributed by atoms with Gasteiger partial charge in [-0.3, -0.25) is 4.79 Å². The number of esters is 1. The lowest BCUT2D eigenvalue weighted by Crippen LogP contribution is -2.27. The van der Waals surface area contributed by atoms with Gasteiger partial charge in [-0.15, -0.1) is 13.2 Å². The summed E-state index contributed by atoms with van der Waals surface area (Å²) in [5.41, 5.74) is -0.545. The van der Waals surface area contributed by atoms with Crippen LogP contribution in [-0.4, -0.2) is 25.5 Å². The highest BCUT2D eigenvalue weighted by Crippen LogP contribution is 2.25. The zero-order chi connectivity index (χ0) is 16.8. The van der Waals surface area contributed by atoms with Crippen LogP contribution in [0, 0.1) is 5.41 Å². The fourth-order valence-corrected chi connectivity index (χ4v) is 1.37. The Bertz CT molecular complexity index is 481. The van der Waals surface area contributed by atoms with Crippen LogP contribution in [0.1, 0.15) is 27.2 Å². The molecule has 7 heteroatoms. The van der Waals surface area contributed by atoms with E-state index in [1.165, 1.54) is 12.1 Å². The summed E-state index contributed by atoms with van der Waals surface area (Å²) in [6, 6.07) is 4.99. The minimum absolute atomic E-state index is 0.0725. The first-order valence-electron chi connectivity index (χ1n) is 6.80. The van der Waals surface area contributed by atoms with Crippen molar-refractivity contribution in [3.8, 4) is 11.5 Å². The van der Waals surface area contributed by atoms with Crippen LogP contribution in [0.2, 0.25) is 0 Å². The summed E-state index contributed by atoms with van der Waals surface area (Å²) in [6.07, 6.45) is -4.06. The molecule has 0 saturated heterocycles. The molecule has 0 spiro atoms. The van der Waals surface area contributed by atoms with Crippen molar-refractivity contribution in [3.63, 3.8) is 0 Å². The summed E-state index contributed by atoms with van der Waals surface area (Å²) in [5.74, 6) is -0.274. The molecule has 1 aromatic carbocycles. The molecule has 0 radical (unpaired) electrons. The van der Waals surface area contributed by atoms with E-state index in [1.54, 1.807) is 13.8 Å². The standard InChI is InChI=1S/C15H19F3O4/c1-4-14(2,3)13(19)21-10-9-20-11-5-7-12(8-6-11)22-15(16,17)18/h5-8H,4,9-10H2,1-3H3. The summed E-state index contributed by atoms with van der Waals surface area (Å²) >= 11 is 0. The molecule has 0 aliphatic heterocycles. The third-order valence-corrected chi connectivity index (χ3v) is 3.08. The van der Waals surface area contributed by atoms with Gasteiger partial charge in [0.15, 0.2) is 0 Å². The van der Waals surface area contributed by atoms with Crippen molar-refractivity contribution in [1.82, 2.24) is 0 Å². The topological polar surface area (TPSA) is 44.8 Å². The number of carbonyl (C=O) groups excluding carboxylic acids is 1. The Morgan fingerprint density at radius 3 is 2.09 bits per heavy atom. The second-order valence-corrected chi connectivity index (χ2v) is 5.24. The minimum atomic E-state index is -4.72. The first-order valence-corrected chi connectivity index (χ1v) is 6.80. The van der Waals surface area contributed by atoms with Crippen LogP contribution in [0.25, 0.3) is 0 Å². The Kier molecular flexibility index (Phi) is 6.08. The van der Waals surface area contributed by atoms with Crippen LogP contribution in [0.5, 0.6) is 11.5 Å². The van der Waals surface area contributed by atoms with Crippen LogP contribution < -0.4 is 9.47 Å². The molecule has 0 aliphatic carbocycles. The number of carbonyl (C=O) groups is 1. The van der Waals surface area contributed by atoms with Gasteiger partial charge in [-0.05, 0) is 44.5 Å². The molecule has 0 saturated carbocycles. The average Bonchev–Trinajstić information content (AvgIpc) is 2.43. The number of ether oxygens (including phenoxy) is 3. The molecule has 1 aromatic rings. The van der Waals surface area contributed by atoms with Crippen LogP contribution in [-0.2, 0) is 9.53 Å². The monoisotopic (exact) mass is 320 g/mol. The molecular weight excluding hydrogens is 301 g/mol. The van der Waals surface area contributed by atoms with Gasteiger partial charge in [-0.2, -0.15) is 0 Å².